The molecule has 0 N–H and O–H groups in total. The summed E-state index contributed by atoms with van der Waals surface area (Å²) in [6, 6.07) is 10.5. The lowest BCUT2D eigenvalue weighted by atomic mass is 9.81. The zero-order chi connectivity index (χ0) is 20.3. The highest BCUT2D eigenvalue weighted by Crippen LogP contribution is 2.47. The third-order valence-corrected chi connectivity index (χ3v) is 6.35. The molecule has 3 atom stereocenters. The summed E-state index contributed by atoms with van der Waals surface area (Å²) in [5, 5.41) is 0. The Kier molecular flexibility index (Phi) is 3.82. The van der Waals surface area contributed by atoms with Crippen LogP contribution < -0.4 is 19.6 Å². The van der Waals surface area contributed by atoms with Crippen molar-refractivity contribution in [2.24, 2.45) is 10.9 Å². The maximum atomic E-state index is 13.3. The molecule has 29 heavy (non-hydrogen) atoms. The number of hydrogen-bond donors (Lipinski definition) is 0. The van der Waals surface area contributed by atoms with E-state index in [0.29, 0.717) is 20.8 Å². The van der Waals surface area contributed by atoms with Gasteiger partial charge in [-0.1, -0.05) is 29.5 Å². The van der Waals surface area contributed by atoms with Gasteiger partial charge in [-0.3, -0.25) is 14.2 Å². The lowest BCUT2D eigenvalue weighted by molar-refractivity contribution is -0.158. The summed E-state index contributed by atoms with van der Waals surface area (Å²) in [6.07, 6.45) is 1.70. The van der Waals surface area contributed by atoms with Crippen molar-refractivity contribution < 1.29 is 18.7 Å². The molecule has 0 fully saturated rings. The molecule has 5 rings (SSSR count). The van der Waals surface area contributed by atoms with E-state index >= 15 is 0 Å². The Balaban J connectivity index is 1.81. The van der Waals surface area contributed by atoms with Crippen molar-refractivity contribution in [3.8, 4) is 5.75 Å². The summed E-state index contributed by atoms with van der Waals surface area (Å²) in [5.74, 6) is 0.723. The van der Waals surface area contributed by atoms with E-state index in [9.17, 15) is 9.59 Å². The number of thiazole rings is 1. The molecule has 0 spiro atoms. The molecular weight excluding hydrogens is 392 g/mol. The van der Waals surface area contributed by atoms with Gasteiger partial charge in [0.05, 0.1) is 17.7 Å². The highest BCUT2D eigenvalue weighted by Gasteiger charge is 2.55. The number of furan rings is 1. The number of benzene rings is 1. The fraction of sp³-hybridized carbons (Fsp3) is 0.286. The number of aromatic nitrogens is 1. The second-order valence-corrected chi connectivity index (χ2v) is 8.28. The summed E-state index contributed by atoms with van der Waals surface area (Å²) in [5.41, 5.74) is -0.626. The van der Waals surface area contributed by atoms with Gasteiger partial charge in [0.15, 0.2) is 4.80 Å². The van der Waals surface area contributed by atoms with Crippen LogP contribution in [-0.2, 0) is 9.53 Å². The fourth-order valence-corrected chi connectivity index (χ4v) is 5.17. The van der Waals surface area contributed by atoms with Crippen LogP contribution in [0.5, 0.6) is 5.75 Å². The van der Waals surface area contributed by atoms with Crippen molar-refractivity contribution in [1.29, 1.82) is 0 Å². The van der Waals surface area contributed by atoms with Crippen molar-refractivity contribution in [1.82, 2.24) is 4.57 Å². The van der Waals surface area contributed by atoms with E-state index in [2.05, 4.69) is 4.99 Å². The third-order valence-electron chi connectivity index (χ3n) is 5.37. The highest BCUT2D eigenvalue weighted by atomic mass is 32.1. The minimum atomic E-state index is -1.16. The standard InChI is InChI=1S/C21H18N2O5S/c1-11-8-9-12(27-11)10-15-18(24)23-17-13-6-4-5-7-14(13)28-21(2,22-20(23)29-15)16(17)19(25)26-3/h4-10,16-17H,1-3H3/b15-10-/t16-,17-,21-/m1/s1. The Labute approximate surface area is 169 Å². The van der Waals surface area contributed by atoms with Gasteiger partial charge in [-0.25, -0.2) is 4.99 Å². The number of carbonyl (C=O) groups excluding carboxylic acids is 1. The molecule has 0 saturated heterocycles. The van der Waals surface area contributed by atoms with E-state index in [4.69, 9.17) is 13.9 Å². The van der Waals surface area contributed by atoms with E-state index in [-0.39, 0.29) is 5.56 Å². The average Bonchev–Trinajstić information content (AvgIpc) is 3.23. The van der Waals surface area contributed by atoms with Crippen LogP contribution in [-0.4, -0.2) is 23.4 Å². The van der Waals surface area contributed by atoms with Crippen molar-refractivity contribution in [3.05, 3.63) is 73.2 Å². The molecule has 0 saturated carbocycles. The number of para-hydroxylation sites is 1. The van der Waals surface area contributed by atoms with Crippen molar-refractivity contribution in [3.63, 3.8) is 0 Å². The topological polar surface area (TPSA) is 83.0 Å². The first-order valence-corrected chi connectivity index (χ1v) is 9.98. The molecule has 4 heterocycles. The molecule has 148 valence electrons. The van der Waals surface area contributed by atoms with Crippen LogP contribution in [0, 0.1) is 12.8 Å². The second kappa shape index (κ2) is 6.18. The summed E-state index contributed by atoms with van der Waals surface area (Å²) < 4.78 is 18.9. The largest absolute Gasteiger partial charge is 0.469 e. The Bertz CT molecular complexity index is 1320. The first-order valence-electron chi connectivity index (χ1n) is 9.16. The molecule has 3 aromatic rings. The predicted molar refractivity (Wildman–Crippen MR) is 105 cm³/mol. The van der Waals surface area contributed by atoms with Crippen LogP contribution in [0.15, 0.2) is 50.6 Å². The SMILES string of the molecule is COC(=O)[C@H]1[C@H]2c3ccccc3O[C@@]1(C)N=c1s/c(=C\c3ccc(C)o3)c(=O)n12. The molecule has 0 unspecified atom stereocenters. The number of fused-ring (bicyclic) bond motifs is 6. The van der Waals surface area contributed by atoms with E-state index in [1.54, 1.807) is 17.6 Å². The maximum absolute atomic E-state index is 13.3. The lowest BCUT2D eigenvalue weighted by Gasteiger charge is -2.44. The van der Waals surface area contributed by atoms with Gasteiger partial charge in [-0.15, -0.1) is 0 Å². The van der Waals surface area contributed by atoms with Crippen LogP contribution in [0.4, 0.5) is 0 Å². The van der Waals surface area contributed by atoms with Gasteiger partial charge < -0.3 is 13.9 Å². The van der Waals surface area contributed by atoms with E-state index < -0.39 is 23.7 Å². The van der Waals surface area contributed by atoms with Crippen molar-refractivity contribution >= 4 is 23.4 Å². The van der Waals surface area contributed by atoms with Crippen LogP contribution in [0.25, 0.3) is 6.08 Å². The smallest absolute Gasteiger partial charge is 0.317 e. The number of ether oxygens (including phenoxy) is 2. The Hall–Kier alpha value is -3.13. The van der Waals surface area contributed by atoms with Gasteiger partial charge in [0, 0.05) is 11.6 Å². The summed E-state index contributed by atoms with van der Waals surface area (Å²) in [4.78, 5) is 31.3. The van der Waals surface area contributed by atoms with Gasteiger partial charge >= 0.3 is 5.97 Å². The second-order valence-electron chi connectivity index (χ2n) is 7.27. The first kappa shape index (κ1) is 17.9. The number of carbonyl (C=O) groups is 1. The molecule has 8 heteroatoms. The van der Waals surface area contributed by atoms with E-state index in [0.717, 1.165) is 11.3 Å². The Morgan fingerprint density at radius 2 is 2.10 bits per heavy atom. The molecule has 0 aliphatic carbocycles. The van der Waals surface area contributed by atoms with Crippen LogP contribution in [0.2, 0.25) is 0 Å². The monoisotopic (exact) mass is 410 g/mol. The van der Waals surface area contributed by atoms with Crippen LogP contribution in [0.3, 0.4) is 0 Å². The van der Waals surface area contributed by atoms with E-state index in [1.807, 2.05) is 43.3 Å². The number of nitrogens with zero attached hydrogens (tertiary/aromatic N) is 2. The Morgan fingerprint density at radius 1 is 1.31 bits per heavy atom. The van der Waals surface area contributed by atoms with Crippen LogP contribution in [0.1, 0.15) is 30.0 Å². The predicted octanol–water partition coefficient (Wildman–Crippen LogP) is 1.76. The van der Waals surface area contributed by atoms with Gasteiger partial charge in [-0.05, 0) is 32.0 Å². The number of hydrogen-bond acceptors (Lipinski definition) is 7. The summed E-state index contributed by atoms with van der Waals surface area (Å²) in [7, 11) is 1.33. The first-order chi connectivity index (χ1) is 13.9. The molecule has 0 amide bonds. The Morgan fingerprint density at radius 3 is 2.83 bits per heavy atom. The lowest BCUT2D eigenvalue weighted by Crippen LogP contribution is -2.58. The minimum Gasteiger partial charge on any atom is -0.469 e. The van der Waals surface area contributed by atoms with E-state index in [1.165, 1.54) is 18.4 Å². The van der Waals surface area contributed by atoms with Crippen molar-refractivity contribution in [2.75, 3.05) is 7.11 Å². The van der Waals surface area contributed by atoms with Gasteiger partial charge in [0.2, 0.25) is 5.72 Å². The molecule has 2 aliphatic rings. The number of rotatable bonds is 2. The average molecular weight is 410 g/mol. The summed E-state index contributed by atoms with van der Waals surface area (Å²) >= 11 is 1.25. The third kappa shape index (κ3) is 2.59. The van der Waals surface area contributed by atoms with Crippen LogP contribution >= 0.6 is 11.3 Å². The molecular formula is C21H18N2O5S. The normalized spacial score (nSPS) is 24.9. The molecule has 2 aliphatic heterocycles. The zero-order valence-corrected chi connectivity index (χ0v) is 16.9. The highest BCUT2D eigenvalue weighted by molar-refractivity contribution is 7.07. The number of esters is 1. The minimum absolute atomic E-state index is 0.222. The number of methoxy groups -OCH3 is 1. The van der Waals surface area contributed by atoms with Gasteiger partial charge in [0.25, 0.3) is 5.56 Å². The number of aryl methyl sites for hydroxylation is 1. The maximum Gasteiger partial charge on any atom is 0.317 e. The van der Waals surface area contributed by atoms with Gasteiger partial charge in [0.1, 0.15) is 23.2 Å². The quantitative estimate of drug-likeness (QED) is 0.601. The molecule has 2 bridgehead atoms. The zero-order valence-electron chi connectivity index (χ0n) is 16.0. The molecule has 1 aromatic carbocycles. The van der Waals surface area contributed by atoms with Crippen molar-refractivity contribution in [2.45, 2.75) is 25.6 Å². The molecule has 0 radical (unpaired) electrons. The molecule has 2 aromatic heterocycles. The molecule has 7 nitrogen and oxygen atoms in total. The van der Waals surface area contributed by atoms with Gasteiger partial charge in [-0.2, -0.15) is 0 Å². The summed E-state index contributed by atoms with van der Waals surface area (Å²) in [6.45, 7) is 3.60. The fourth-order valence-electron chi connectivity index (χ4n) is 4.09.